The summed E-state index contributed by atoms with van der Waals surface area (Å²) in [6.45, 7) is 1.76. The topological polar surface area (TPSA) is 78.5 Å². The number of benzene rings is 1. The van der Waals surface area contributed by atoms with Crippen LogP contribution in [0, 0.1) is 5.92 Å². The van der Waals surface area contributed by atoms with E-state index in [9.17, 15) is 14.4 Å². The summed E-state index contributed by atoms with van der Waals surface area (Å²) in [5.41, 5.74) is -0.00417. The van der Waals surface area contributed by atoms with E-state index in [0.717, 1.165) is 23.3 Å². The summed E-state index contributed by atoms with van der Waals surface area (Å²) in [7, 11) is 0. The van der Waals surface area contributed by atoms with E-state index in [4.69, 9.17) is 11.6 Å². The minimum Gasteiger partial charge on any atom is -0.350 e. The maximum Gasteiger partial charge on any atom is 0.325 e. The van der Waals surface area contributed by atoms with E-state index in [1.165, 1.54) is 0 Å². The number of rotatable bonds is 5. The van der Waals surface area contributed by atoms with Gasteiger partial charge in [0.2, 0.25) is 5.91 Å². The Morgan fingerprint density at radius 1 is 1.43 bits per heavy atom. The fraction of sp³-hybridized carbons (Fsp3) is 0.438. The van der Waals surface area contributed by atoms with Crippen LogP contribution in [-0.2, 0) is 16.1 Å². The van der Waals surface area contributed by atoms with Gasteiger partial charge >= 0.3 is 6.03 Å². The predicted octanol–water partition coefficient (Wildman–Crippen LogP) is 1.68. The van der Waals surface area contributed by atoms with Gasteiger partial charge in [-0.2, -0.15) is 0 Å². The quantitative estimate of drug-likeness (QED) is 0.803. The van der Waals surface area contributed by atoms with Crippen molar-refractivity contribution in [3.8, 4) is 0 Å². The molecule has 1 atom stereocenters. The van der Waals surface area contributed by atoms with E-state index in [0.29, 0.717) is 11.6 Å². The van der Waals surface area contributed by atoms with Crippen LogP contribution in [0.3, 0.4) is 0 Å². The number of urea groups is 1. The van der Waals surface area contributed by atoms with E-state index in [1.807, 2.05) is 6.07 Å². The van der Waals surface area contributed by atoms with Crippen LogP contribution in [0.2, 0.25) is 5.02 Å². The van der Waals surface area contributed by atoms with Crippen molar-refractivity contribution in [2.45, 2.75) is 31.8 Å². The lowest BCUT2D eigenvalue weighted by atomic mass is 9.96. The summed E-state index contributed by atoms with van der Waals surface area (Å²) in [6, 6.07) is 6.63. The Balaban J connectivity index is 1.57. The fourth-order valence-electron chi connectivity index (χ4n) is 2.84. The molecular formula is C16H18ClN3O3. The second-order valence-electron chi connectivity index (χ2n) is 6.20. The first-order chi connectivity index (χ1) is 10.9. The van der Waals surface area contributed by atoms with Crippen molar-refractivity contribution in [3.05, 3.63) is 34.9 Å². The van der Waals surface area contributed by atoms with Gasteiger partial charge in [0, 0.05) is 11.6 Å². The highest BCUT2D eigenvalue weighted by Gasteiger charge is 2.56. The molecule has 1 aliphatic heterocycles. The maximum atomic E-state index is 12.4. The zero-order valence-corrected chi connectivity index (χ0v) is 13.5. The number of amides is 4. The molecule has 4 amide bonds. The Hall–Kier alpha value is -2.08. The molecule has 122 valence electrons. The number of nitrogens with one attached hydrogen (secondary N) is 2. The van der Waals surface area contributed by atoms with Gasteiger partial charge in [-0.05, 0) is 43.4 Å². The summed E-state index contributed by atoms with van der Waals surface area (Å²) < 4.78 is 0. The zero-order valence-electron chi connectivity index (χ0n) is 12.8. The van der Waals surface area contributed by atoms with Crippen LogP contribution in [-0.4, -0.2) is 34.8 Å². The van der Waals surface area contributed by atoms with E-state index in [2.05, 4.69) is 10.6 Å². The summed E-state index contributed by atoms with van der Waals surface area (Å²) >= 11 is 5.88. The van der Waals surface area contributed by atoms with Crippen molar-refractivity contribution in [3.63, 3.8) is 0 Å². The average Bonchev–Trinajstić information content (AvgIpc) is 3.32. The molecule has 1 unspecified atom stereocenters. The van der Waals surface area contributed by atoms with Crippen molar-refractivity contribution in [1.29, 1.82) is 0 Å². The molecule has 7 heteroatoms. The van der Waals surface area contributed by atoms with Crippen LogP contribution >= 0.6 is 11.6 Å². The summed E-state index contributed by atoms with van der Waals surface area (Å²) in [5, 5.41) is 6.00. The van der Waals surface area contributed by atoms with Gasteiger partial charge in [0.15, 0.2) is 0 Å². The minimum absolute atomic E-state index is 0.179. The molecule has 0 bridgehead atoms. The SMILES string of the molecule is CC1(C2CC2)NC(=O)N(CC(=O)NCc2cccc(Cl)c2)C1=O. The molecule has 1 saturated carbocycles. The Kier molecular flexibility index (Phi) is 4.02. The predicted molar refractivity (Wildman–Crippen MR) is 84.7 cm³/mol. The van der Waals surface area contributed by atoms with Gasteiger partial charge in [0.1, 0.15) is 12.1 Å². The Bertz CT molecular complexity index is 674. The molecule has 2 aliphatic rings. The van der Waals surface area contributed by atoms with Crippen molar-refractivity contribution >= 4 is 29.4 Å². The molecule has 2 N–H and O–H groups in total. The molecule has 1 aromatic carbocycles. The number of hydrogen-bond donors (Lipinski definition) is 2. The third-order valence-electron chi connectivity index (χ3n) is 4.38. The first-order valence-corrected chi connectivity index (χ1v) is 7.93. The number of imide groups is 1. The lowest BCUT2D eigenvalue weighted by Gasteiger charge is -2.20. The van der Waals surface area contributed by atoms with Gasteiger partial charge in [-0.15, -0.1) is 0 Å². The Morgan fingerprint density at radius 2 is 2.17 bits per heavy atom. The van der Waals surface area contributed by atoms with Crippen LogP contribution in [0.4, 0.5) is 4.79 Å². The lowest BCUT2D eigenvalue weighted by Crippen LogP contribution is -2.46. The third-order valence-corrected chi connectivity index (χ3v) is 4.61. The summed E-state index contributed by atoms with van der Waals surface area (Å²) in [6.07, 6.45) is 1.86. The molecule has 6 nitrogen and oxygen atoms in total. The smallest absolute Gasteiger partial charge is 0.325 e. The highest BCUT2D eigenvalue weighted by molar-refractivity contribution is 6.30. The number of hydrogen-bond acceptors (Lipinski definition) is 3. The Morgan fingerprint density at radius 3 is 2.83 bits per heavy atom. The molecular weight excluding hydrogens is 318 g/mol. The van der Waals surface area contributed by atoms with Crippen LogP contribution in [0.5, 0.6) is 0 Å². The Labute approximate surface area is 139 Å². The highest BCUT2D eigenvalue weighted by Crippen LogP contribution is 2.42. The molecule has 1 aliphatic carbocycles. The second-order valence-corrected chi connectivity index (χ2v) is 6.64. The number of carbonyl (C=O) groups is 3. The molecule has 2 fully saturated rings. The van der Waals surface area contributed by atoms with Crippen molar-refractivity contribution in [2.75, 3.05) is 6.54 Å². The van der Waals surface area contributed by atoms with Crippen molar-refractivity contribution in [2.24, 2.45) is 5.92 Å². The number of halogens is 1. The first-order valence-electron chi connectivity index (χ1n) is 7.55. The summed E-state index contributed by atoms with van der Waals surface area (Å²) in [5.74, 6) is -0.519. The van der Waals surface area contributed by atoms with Crippen LogP contribution in [0.15, 0.2) is 24.3 Å². The number of carbonyl (C=O) groups excluding carboxylic acids is 3. The largest absolute Gasteiger partial charge is 0.350 e. The molecule has 23 heavy (non-hydrogen) atoms. The summed E-state index contributed by atoms with van der Waals surface area (Å²) in [4.78, 5) is 37.4. The van der Waals surface area contributed by atoms with Gasteiger partial charge in [-0.3, -0.25) is 14.5 Å². The van der Waals surface area contributed by atoms with Gasteiger partial charge in [0.25, 0.3) is 5.91 Å². The first kappa shape index (κ1) is 15.8. The molecule has 1 heterocycles. The van der Waals surface area contributed by atoms with Gasteiger partial charge < -0.3 is 10.6 Å². The van der Waals surface area contributed by atoms with Crippen LogP contribution < -0.4 is 10.6 Å². The molecule has 0 radical (unpaired) electrons. The van der Waals surface area contributed by atoms with Crippen LogP contribution in [0.25, 0.3) is 0 Å². The van der Waals surface area contributed by atoms with Gasteiger partial charge in [-0.25, -0.2) is 4.79 Å². The molecule has 1 saturated heterocycles. The molecule has 0 spiro atoms. The van der Waals surface area contributed by atoms with Crippen molar-refractivity contribution < 1.29 is 14.4 Å². The standard InChI is InChI=1S/C16H18ClN3O3/c1-16(11-5-6-11)14(22)20(15(23)19-16)9-13(21)18-8-10-3-2-4-12(17)7-10/h2-4,7,11H,5-6,8-9H2,1H3,(H,18,21)(H,19,23). The molecule has 1 aromatic rings. The van der Waals surface area contributed by atoms with E-state index >= 15 is 0 Å². The van der Waals surface area contributed by atoms with E-state index in [-0.39, 0.29) is 24.3 Å². The van der Waals surface area contributed by atoms with Crippen LogP contribution in [0.1, 0.15) is 25.3 Å². The van der Waals surface area contributed by atoms with Crippen molar-refractivity contribution in [1.82, 2.24) is 15.5 Å². The highest BCUT2D eigenvalue weighted by atomic mass is 35.5. The van der Waals surface area contributed by atoms with E-state index in [1.54, 1.807) is 25.1 Å². The monoisotopic (exact) mass is 335 g/mol. The lowest BCUT2D eigenvalue weighted by molar-refractivity contribution is -0.135. The average molecular weight is 336 g/mol. The van der Waals surface area contributed by atoms with Gasteiger partial charge in [-0.1, -0.05) is 23.7 Å². The van der Waals surface area contributed by atoms with E-state index < -0.39 is 11.6 Å². The second kappa shape index (κ2) is 5.85. The molecule has 0 aromatic heterocycles. The fourth-order valence-corrected chi connectivity index (χ4v) is 3.06. The normalized spacial score (nSPS) is 23.8. The number of nitrogens with zero attached hydrogens (tertiary/aromatic N) is 1. The van der Waals surface area contributed by atoms with Gasteiger partial charge in [0.05, 0.1) is 0 Å². The zero-order chi connectivity index (χ0) is 16.6. The minimum atomic E-state index is -0.857. The maximum absolute atomic E-state index is 12.4. The molecule has 3 rings (SSSR count). The third kappa shape index (κ3) is 3.17.